The van der Waals surface area contributed by atoms with Crippen molar-refractivity contribution >= 4 is 12.7 Å². The summed E-state index contributed by atoms with van der Waals surface area (Å²) < 4.78 is 13.9. The van der Waals surface area contributed by atoms with E-state index in [-0.39, 0.29) is 5.82 Å². The summed E-state index contributed by atoms with van der Waals surface area (Å²) in [5.74, 6) is 12.1. The summed E-state index contributed by atoms with van der Waals surface area (Å²) >= 11 is 0. The molecule has 0 spiro atoms. The Morgan fingerprint density at radius 3 is 1.75 bits per heavy atom. The highest BCUT2D eigenvalue weighted by molar-refractivity contribution is 6.53. The Kier molecular flexibility index (Phi) is 6.03. The van der Waals surface area contributed by atoms with Crippen molar-refractivity contribution in [2.24, 2.45) is 0 Å². The second-order valence-electron chi connectivity index (χ2n) is 6.87. The van der Waals surface area contributed by atoms with E-state index >= 15 is 0 Å². The van der Waals surface area contributed by atoms with Crippen LogP contribution in [-0.4, -0.2) is 7.28 Å². The minimum absolute atomic E-state index is 0.285. The number of halogens is 1. The van der Waals surface area contributed by atoms with Gasteiger partial charge in [0.1, 0.15) is 13.1 Å². The zero-order chi connectivity index (χ0) is 20.1. The molecule has 3 aromatic rings. The van der Waals surface area contributed by atoms with Crippen LogP contribution in [0.4, 0.5) is 4.39 Å². The van der Waals surface area contributed by atoms with Gasteiger partial charge >= 0.3 is 0 Å². The summed E-state index contributed by atoms with van der Waals surface area (Å²) in [5, 5.41) is 0. The minimum atomic E-state index is -0.285. The van der Waals surface area contributed by atoms with Crippen LogP contribution in [0.2, 0.25) is 6.82 Å². The van der Waals surface area contributed by atoms with Gasteiger partial charge in [-0.25, -0.2) is 4.39 Å². The predicted octanol–water partition coefficient (Wildman–Crippen LogP) is 4.93. The van der Waals surface area contributed by atoms with Gasteiger partial charge in [0, 0.05) is 16.7 Å². The molecule has 0 bridgehead atoms. The summed E-state index contributed by atoms with van der Waals surface area (Å²) in [6, 6.07) is 17.0. The second kappa shape index (κ2) is 8.64. The topological polar surface area (TPSA) is 0 Å². The molecule has 0 aromatic heterocycles. The molecule has 0 saturated heterocycles. The van der Waals surface area contributed by atoms with Gasteiger partial charge in [0.25, 0.3) is 0 Å². The molecule has 0 N–H and O–H groups in total. The molecule has 2 heteroatoms. The van der Waals surface area contributed by atoms with Crippen molar-refractivity contribution in [3.05, 3.63) is 99.4 Å². The number of benzene rings is 3. The number of aryl methyl sites for hydroxylation is 3. The highest BCUT2D eigenvalue weighted by Crippen LogP contribution is 2.10. The fourth-order valence-corrected chi connectivity index (χ4v) is 3.14. The maximum atomic E-state index is 13.9. The van der Waals surface area contributed by atoms with Crippen molar-refractivity contribution in [1.29, 1.82) is 0 Å². The molecule has 0 aliphatic heterocycles. The molecule has 0 unspecified atom stereocenters. The van der Waals surface area contributed by atoms with Crippen LogP contribution < -0.4 is 5.46 Å². The molecule has 0 fully saturated rings. The number of hydrogen-bond acceptors (Lipinski definition) is 0. The summed E-state index contributed by atoms with van der Waals surface area (Å²) in [6.45, 7) is 8.13. The van der Waals surface area contributed by atoms with Crippen molar-refractivity contribution in [3.8, 4) is 23.7 Å². The summed E-state index contributed by atoms with van der Waals surface area (Å²) in [4.78, 5) is 0. The summed E-state index contributed by atoms with van der Waals surface area (Å²) in [5.41, 5.74) is 7.82. The van der Waals surface area contributed by atoms with Crippen LogP contribution in [0.15, 0.2) is 54.6 Å². The fourth-order valence-electron chi connectivity index (χ4n) is 3.14. The molecular formula is C26H21BF. The first-order chi connectivity index (χ1) is 13.5. The van der Waals surface area contributed by atoms with Gasteiger partial charge in [-0.3, -0.25) is 0 Å². The third-order valence-electron chi connectivity index (χ3n) is 4.58. The van der Waals surface area contributed by atoms with Crippen LogP contribution in [0.3, 0.4) is 0 Å². The standard InChI is InChI=1S/C26H21BF/c1-18-5-13-24(25(28)15-18)14-12-22-8-6-21(7-9-22)10-11-23-16-19(2)26(27-4)20(3)17-23/h5-9,13,15-17H,1-4H3. The normalized spacial score (nSPS) is 9.75. The smallest absolute Gasteiger partial charge is 0.148 e. The van der Waals surface area contributed by atoms with Crippen molar-refractivity contribution in [1.82, 2.24) is 0 Å². The Balaban J connectivity index is 1.78. The number of rotatable bonds is 1. The largest absolute Gasteiger partial charge is 0.206 e. The van der Waals surface area contributed by atoms with Gasteiger partial charge in [0.2, 0.25) is 0 Å². The van der Waals surface area contributed by atoms with Gasteiger partial charge in [-0.05, 0) is 74.9 Å². The molecule has 28 heavy (non-hydrogen) atoms. The van der Waals surface area contributed by atoms with Crippen molar-refractivity contribution < 1.29 is 4.39 Å². The monoisotopic (exact) mass is 363 g/mol. The molecule has 0 atom stereocenters. The Morgan fingerprint density at radius 2 is 1.21 bits per heavy atom. The Morgan fingerprint density at radius 1 is 0.679 bits per heavy atom. The molecule has 0 aliphatic rings. The third kappa shape index (κ3) is 4.73. The van der Waals surface area contributed by atoms with Crippen LogP contribution in [0.1, 0.15) is 38.9 Å². The molecule has 0 heterocycles. The molecular weight excluding hydrogens is 342 g/mol. The van der Waals surface area contributed by atoms with E-state index in [9.17, 15) is 4.39 Å². The Hall–Kier alpha value is -3.23. The second-order valence-corrected chi connectivity index (χ2v) is 6.87. The first-order valence-corrected chi connectivity index (χ1v) is 9.27. The highest BCUT2D eigenvalue weighted by Gasteiger charge is 2.02. The lowest BCUT2D eigenvalue weighted by Gasteiger charge is -2.07. The van der Waals surface area contributed by atoms with Crippen molar-refractivity contribution in [2.45, 2.75) is 27.6 Å². The van der Waals surface area contributed by atoms with Crippen LogP contribution >= 0.6 is 0 Å². The molecule has 3 rings (SSSR count). The zero-order valence-corrected chi connectivity index (χ0v) is 16.7. The number of hydrogen-bond donors (Lipinski definition) is 0. The van der Waals surface area contributed by atoms with Crippen LogP contribution in [0, 0.1) is 50.3 Å². The van der Waals surface area contributed by atoms with Gasteiger partial charge in [-0.2, -0.15) is 0 Å². The Bertz CT molecular complexity index is 1110. The first-order valence-electron chi connectivity index (χ1n) is 9.27. The molecule has 3 aromatic carbocycles. The quantitative estimate of drug-likeness (QED) is 0.425. The van der Waals surface area contributed by atoms with Gasteiger partial charge in [0.15, 0.2) is 0 Å². The minimum Gasteiger partial charge on any atom is -0.206 e. The van der Waals surface area contributed by atoms with Crippen LogP contribution in [-0.2, 0) is 0 Å². The van der Waals surface area contributed by atoms with Crippen molar-refractivity contribution in [2.75, 3.05) is 0 Å². The molecule has 0 saturated carbocycles. The van der Waals surface area contributed by atoms with E-state index in [0.717, 1.165) is 22.3 Å². The molecule has 0 aliphatic carbocycles. The average molecular weight is 363 g/mol. The van der Waals surface area contributed by atoms with E-state index in [2.05, 4.69) is 63.8 Å². The van der Waals surface area contributed by atoms with Gasteiger partial charge in [-0.1, -0.05) is 53.2 Å². The summed E-state index contributed by atoms with van der Waals surface area (Å²) in [7, 11) is 2.13. The molecule has 0 nitrogen and oxygen atoms in total. The lowest BCUT2D eigenvalue weighted by molar-refractivity contribution is 0.623. The van der Waals surface area contributed by atoms with Gasteiger partial charge in [-0.15, -0.1) is 0 Å². The molecule has 0 amide bonds. The SMILES string of the molecule is C[B]c1c(C)cc(C#Cc2ccc(C#Cc3ccc(C)cc3F)cc2)cc1C. The van der Waals surface area contributed by atoms with Crippen LogP contribution in [0.25, 0.3) is 0 Å². The van der Waals surface area contributed by atoms with E-state index in [0.29, 0.717) is 5.56 Å². The molecule has 1 radical (unpaired) electrons. The van der Waals surface area contributed by atoms with Gasteiger partial charge in [0.05, 0.1) is 5.56 Å². The zero-order valence-electron chi connectivity index (χ0n) is 16.7. The lowest BCUT2D eigenvalue weighted by atomic mass is 9.68. The van der Waals surface area contributed by atoms with Crippen LogP contribution in [0.5, 0.6) is 0 Å². The predicted molar refractivity (Wildman–Crippen MR) is 117 cm³/mol. The summed E-state index contributed by atoms with van der Waals surface area (Å²) in [6.07, 6.45) is 0. The average Bonchev–Trinajstić information content (AvgIpc) is 2.66. The lowest BCUT2D eigenvalue weighted by Crippen LogP contribution is -2.18. The first kappa shape index (κ1) is 19.5. The maximum Gasteiger partial charge on any atom is 0.148 e. The van der Waals surface area contributed by atoms with Crippen molar-refractivity contribution in [3.63, 3.8) is 0 Å². The van der Waals surface area contributed by atoms with E-state index in [1.807, 2.05) is 37.3 Å². The Labute approximate surface area is 168 Å². The highest BCUT2D eigenvalue weighted by atomic mass is 19.1. The fraction of sp³-hybridized carbons (Fsp3) is 0.154. The van der Waals surface area contributed by atoms with E-state index < -0.39 is 0 Å². The maximum absolute atomic E-state index is 13.9. The van der Waals surface area contributed by atoms with E-state index in [1.165, 1.54) is 22.7 Å². The molecule has 135 valence electrons. The third-order valence-corrected chi connectivity index (χ3v) is 4.58. The van der Waals surface area contributed by atoms with E-state index in [1.54, 1.807) is 6.07 Å². The van der Waals surface area contributed by atoms with Gasteiger partial charge < -0.3 is 0 Å². The van der Waals surface area contributed by atoms with E-state index in [4.69, 9.17) is 0 Å².